The van der Waals surface area contributed by atoms with Crippen LogP contribution in [0.25, 0.3) is 5.69 Å². The first-order chi connectivity index (χ1) is 15.9. The average Bonchev–Trinajstić information content (AvgIpc) is 3.05. The van der Waals surface area contributed by atoms with Crippen molar-refractivity contribution in [3.05, 3.63) is 107 Å². The van der Waals surface area contributed by atoms with Crippen LogP contribution in [-0.4, -0.2) is 21.1 Å². The highest BCUT2D eigenvalue weighted by Crippen LogP contribution is 2.28. The van der Waals surface area contributed by atoms with E-state index in [1.165, 1.54) is 47.8 Å². The minimum atomic E-state index is -0.285. The molecule has 33 heavy (non-hydrogen) atoms. The summed E-state index contributed by atoms with van der Waals surface area (Å²) in [6.45, 7) is 1.92. The second kappa shape index (κ2) is 10.3. The number of benzene rings is 3. The molecule has 0 aliphatic heterocycles. The first-order valence-corrected chi connectivity index (χ1v) is 12.3. The normalized spacial score (nSPS) is 11.0. The highest BCUT2D eigenvalue weighted by Gasteiger charge is 2.22. The number of nitrogens with zero attached hydrogens (tertiary/aromatic N) is 3. The van der Waals surface area contributed by atoms with Crippen LogP contribution in [0.15, 0.2) is 93.4 Å². The van der Waals surface area contributed by atoms with Crippen molar-refractivity contribution in [2.45, 2.75) is 16.7 Å². The van der Waals surface area contributed by atoms with Crippen LogP contribution in [0.5, 0.6) is 0 Å². The van der Waals surface area contributed by atoms with Gasteiger partial charge in [-0.3, -0.25) is 9.48 Å². The standard InChI is InChI=1S/C25H23F2N3OS2/c1-18-24(25(31)30(28(18)2)21-6-4-3-5-7-21)29(16-32-22-12-8-19(26)9-13-22)17-33-23-14-10-20(27)11-15-23/h3-15H,16-17H2,1-2H3. The van der Waals surface area contributed by atoms with Gasteiger partial charge >= 0.3 is 0 Å². The minimum absolute atomic E-state index is 0.111. The molecule has 0 spiro atoms. The topological polar surface area (TPSA) is 30.2 Å². The van der Waals surface area contributed by atoms with E-state index in [4.69, 9.17) is 0 Å². The summed E-state index contributed by atoms with van der Waals surface area (Å²) in [6, 6.07) is 22.1. The molecule has 4 aromatic rings. The second-order valence-corrected chi connectivity index (χ2v) is 9.44. The number of rotatable bonds is 8. The Bertz CT molecular complexity index is 1220. The number of para-hydroxylation sites is 1. The third kappa shape index (κ3) is 5.34. The number of halogens is 2. The summed E-state index contributed by atoms with van der Waals surface area (Å²) in [7, 11) is 1.87. The molecule has 0 N–H and O–H groups in total. The molecule has 4 rings (SSSR count). The van der Waals surface area contributed by atoms with Crippen LogP contribution in [0, 0.1) is 18.6 Å². The lowest BCUT2D eigenvalue weighted by Gasteiger charge is -2.23. The van der Waals surface area contributed by atoms with Crippen molar-refractivity contribution >= 4 is 29.2 Å². The van der Waals surface area contributed by atoms with Gasteiger partial charge in [-0.05, 0) is 67.6 Å². The van der Waals surface area contributed by atoms with Crippen molar-refractivity contribution in [3.63, 3.8) is 0 Å². The summed E-state index contributed by atoms with van der Waals surface area (Å²) in [5, 5.41) is 0. The largest absolute Gasteiger partial charge is 0.346 e. The van der Waals surface area contributed by atoms with Gasteiger partial charge in [-0.25, -0.2) is 13.5 Å². The van der Waals surface area contributed by atoms with Gasteiger partial charge in [0, 0.05) is 16.8 Å². The second-order valence-electron chi connectivity index (χ2n) is 7.40. The lowest BCUT2D eigenvalue weighted by Crippen LogP contribution is -2.29. The first kappa shape index (κ1) is 23.2. The zero-order chi connectivity index (χ0) is 23.4. The maximum atomic E-state index is 13.5. The number of hydrogen-bond acceptors (Lipinski definition) is 4. The van der Waals surface area contributed by atoms with Crippen LogP contribution in [0.3, 0.4) is 0 Å². The maximum absolute atomic E-state index is 13.5. The molecule has 0 bridgehead atoms. The van der Waals surface area contributed by atoms with Gasteiger partial charge in [-0.15, -0.1) is 23.5 Å². The molecule has 0 fully saturated rings. The van der Waals surface area contributed by atoms with Gasteiger partial charge in [0.25, 0.3) is 5.56 Å². The molecular formula is C25H23F2N3OS2. The molecule has 8 heteroatoms. The predicted octanol–water partition coefficient (Wildman–Crippen LogP) is 6.07. The lowest BCUT2D eigenvalue weighted by molar-refractivity contribution is 0.626. The highest BCUT2D eigenvalue weighted by molar-refractivity contribution is 8.00. The van der Waals surface area contributed by atoms with Crippen LogP contribution < -0.4 is 10.5 Å². The van der Waals surface area contributed by atoms with Crippen molar-refractivity contribution in [2.75, 3.05) is 16.7 Å². The summed E-state index contributed by atoms with van der Waals surface area (Å²) >= 11 is 3.05. The van der Waals surface area contributed by atoms with E-state index in [1.54, 1.807) is 28.9 Å². The van der Waals surface area contributed by atoms with E-state index < -0.39 is 0 Å². The van der Waals surface area contributed by atoms with Crippen molar-refractivity contribution in [2.24, 2.45) is 7.05 Å². The number of hydrogen-bond donors (Lipinski definition) is 0. The van der Waals surface area contributed by atoms with Crippen molar-refractivity contribution in [3.8, 4) is 5.69 Å². The molecule has 0 amide bonds. The van der Waals surface area contributed by atoms with E-state index in [0.717, 1.165) is 21.2 Å². The Kier molecular flexibility index (Phi) is 7.25. The Balaban J connectivity index is 1.66. The summed E-state index contributed by atoms with van der Waals surface area (Å²) in [5.74, 6) is 0.420. The van der Waals surface area contributed by atoms with E-state index in [1.807, 2.05) is 53.9 Å². The van der Waals surface area contributed by atoms with Gasteiger partial charge in [-0.1, -0.05) is 18.2 Å². The van der Waals surface area contributed by atoms with Gasteiger partial charge in [0.05, 0.1) is 23.1 Å². The predicted molar refractivity (Wildman–Crippen MR) is 132 cm³/mol. The van der Waals surface area contributed by atoms with Crippen LogP contribution in [0.4, 0.5) is 14.5 Å². The van der Waals surface area contributed by atoms with E-state index in [9.17, 15) is 13.6 Å². The fourth-order valence-corrected chi connectivity index (χ4v) is 5.27. The quantitative estimate of drug-likeness (QED) is 0.225. The SMILES string of the molecule is Cc1c(N(CSc2ccc(F)cc2)CSc2ccc(F)cc2)c(=O)n(-c2ccccc2)n1C. The molecule has 170 valence electrons. The fraction of sp³-hybridized carbons (Fsp3) is 0.160. The van der Waals surface area contributed by atoms with Gasteiger partial charge in [0.1, 0.15) is 17.3 Å². The molecule has 0 radical (unpaired) electrons. The van der Waals surface area contributed by atoms with Gasteiger partial charge in [0.15, 0.2) is 0 Å². The molecule has 3 aromatic carbocycles. The van der Waals surface area contributed by atoms with E-state index >= 15 is 0 Å². The van der Waals surface area contributed by atoms with E-state index in [0.29, 0.717) is 17.4 Å². The number of aromatic nitrogens is 2. The Morgan fingerprint density at radius 1 is 0.788 bits per heavy atom. The molecular weight excluding hydrogens is 460 g/mol. The van der Waals surface area contributed by atoms with Crippen LogP contribution in [0.1, 0.15) is 5.69 Å². The summed E-state index contributed by atoms with van der Waals surface area (Å²) in [6.07, 6.45) is 0. The summed E-state index contributed by atoms with van der Waals surface area (Å²) < 4.78 is 30.1. The fourth-order valence-electron chi connectivity index (χ4n) is 3.45. The Morgan fingerprint density at radius 2 is 1.27 bits per heavy atom. The smallest absolute Gasteiger partial charge is 0.295 e. The number of anilines is 1. The van der Waals surface area contributed by atoms with Gasteiger partial charge < -0.3 is 4.90 Å². The highest BCUT2D eigenvalue weighted by atomic mass is 32.2. The average molecular weight is 484 g/mol. The van der Waals surface area contributed by atoms with Crippen molar-refractivity contribution < 1.29 is 8.78 Å². The Morgan fingerprint density at radius 3 is 1.76 bits per heavy atom. The zero-order valence-corrected chi connectivity index (χ0v) is 19.9. The molecule has 1 aromatic heterocycles. The van der Waals surface area contributed by atoms with Crippen LogP contribution >= 0.6 is 23.5 Å². The van der Waals surface area contributed by atoms with Crippen LogP contribution in [-0.2, 0) is 7.05 Å². The molecule has 0 saturated carbocycles. The maximum Gasteiger partial charge on any atom is 0.295 e. The number of thioether (sulfide) groups is 2. The van der Waals surface area contributed by atoms with E-state index in [2.05, 4.69) is 0 Å². The molecule has 0 aliphatic carbocycles. The Hall–Kier alpha value is -2.97. The monoisotopic (exact) mass is 483 g/mol. The van der Waals surface area contributed by atoms with E-state index in [-0.39, 0.29) is 17.2 Å². The lowest BCUT2D eigenvalue weighted by atomic mass is 10.3. The summed E-state index contributed by atoms with van der Waals surface area (Å²) in [4.78, 5) is 17.4. The third-order valence-electron chi connectivity index (χ3n) is 5.24. The van der Waals surface area contributed by atoms with Crippen molar-refractivity contribution in [1.82, 2.24) is 9.36 Å². The third-order valence-corrected chi connectivity index (χ3v) is 7.33. The molecule has 4 nitrogen and oxygen atoms in total. The molecule has 0 atom stereocenters. The summed E-state index contributed by atoms with van der Waals surface area (Å²) in [5.41, 5.74) is 2.12. The van der Waals surface area contributed by atoms with Crippen LogP contribution in [0.2, 0.25) is 0 Å². The molecule has 0 unspecified atom stereocenters. The zero-order valence-electron chi connectivity index (χ0n) is 18.2. The van der Waals surface area contributed by atoms with Gasteiger partial charge in [0.2, 0.25) is 0 Å². The van der Waals surface area contributed by atoms with Gasteiger partial charge in [-0.2, -0.15) is 0 Å². The molecule has 0 aliphatic rings. The first-order valence-electron chi connectivity index (χ1n) is 10.3. The molecule has 0 saturated heterocycles. The Labute approximate surface area is 199 Å². The molecule has 1 heterocycles. The van der Waals surface area contributed by atoms with Crippen molar-refractivity contribution in [1.29, 1.82) is 0 Å². The minimum Gasteiger partial charge on any atom is -0.346 e.